The predicted molar refractivity (Wildman–Crippen MR) is 156 cm³/mol. The molecule has 0 aliphatic rings. The Hall–Kier alpha value is -3.55. The van der Waals surface area contributed by atoms with Crippen LogP contribution in [0.1, 0.15) is 11.1 Å². The number of hydrogen-bond acceptors (Lipinski definition) is 2. The van der Waals surface area contributed by atoms with Crippen molar-refractivity contribution in [2.75, 3.05) is 6.16 Å². The second-order valence-corrected chi connectivity index (χ2v) is 12.6. The molecule has 5 aromatic carbocycles. The first-order chi connectivity index (χ1) is 18.3. The molecule has 0 fully saturated rings. The van der Waals surface area contributed by atoms with Crippen LogP contribution in [0, 0.1) is 0 Å². The van der Waals surface area contributed by atoms with Gasteiger partial charge in [0.1, 0.15) is 29.3 Å². The van der Waals surface area contributed by atoms with Gasteiger partial charge >= 0.3 is 0 Å². The monoisotopic (exact) mass is 503 g/mol. The standard InChI is InChI=1S/C34H32O2P/c1-6-16-29(17-7-1)26-35-34(36-27-30-18-8-2-9-19-30)28-37(31-20-10-3-11-21-31,32-22-12-4-13-23-32)33-24-14-5-15-25-33/h1-25,34H,26-28H2/q+1. The maximum atomic E-state index is 6.58. The van der Waals surface area contributed by atoms with E-state index < -0.39 is 13.6 Å². The lowest BCUT2D eigenvalue weighted by Gasteiger charge is -2.31. The molecule has 0 aliphatic heterocycles. The summed E-state index contributed by atoms with van der Waals surface area (Å²) in [6, 6.07) is 53.3. The summed E-state index contributed by atoms with van der Waals surface area (Å²) in [5.41, 5.74) is 2.28. The van der Waals surface area contributed by atoms with E-state index in [0.717, 1.165) is 17.3 Å². The lowest BCUT2D eigenvalue weighted by molar-refractivity contribution is -0.142. The largest absolute Gasteiger partial charge is 0.344 e. The first-order valence-electron chi connectivity index (χ1n) is 12.7. The normalized spacial score (nSPS) is 11.5. The van der Waals surface area contributed by atoms with Gasteiger partial charge in [0.05, 0.1) is 13.2 Å². The lowest BCUT2D eigenvalue weighted by atomic mass is 10.2. The third kappa shape index (κ3) is 6.24. The van der Waals surface area contributed by atoms with Crippen LogP contribution in [0.3, 0.4) is 0 Å². The third-order valence-electron chi connectivity index (χ3n) is 6.57. The van der Waals surface area contributed by atoms with Gasteiger partial charge in [0.15, 0.2) is 6.29 Å². The molecule has 0 unspecified atom stereocenters. The van der Waals surface area contributed by atoms with E-state index >= 15 is 0 Å². The van der Waals surface area contributed by atoms with Crippen molar-refractivity contribution < 1.29 is 9.47 Å². The van der Waals surface area contributed by atoms with Crippen LogP contribution >= 0.6 is 7.26 Å². The van der Waals surface area contributed by atoms with Gasteiger partial charge in [-0.3, -0.25) is 0 Å². The van der Waals surface area contributed by atoms with E-state index in [1.165, 1.54) is 15.9 Å². The van der Waals surface area contributed by atoms with Crippen molar-refractivity contribution >= 4 is 23.2 Å². The van der Waals surface area contributed by atoms with E-state index in [1.807, 2.05) is 36.4 Å². The molecule has 5 rings (SSSR count). The molecule has 184 valence electrons. The van der Waals surface area contributed by atoms with Gasteiger partial charge in [0.2, 0.25) is 0 Å². The highest BCUT2D eigenvalue weighted by molar-refractivity contribution is 7.95. The maximum absolute atomic E-state index is 6.58. The van der Waals surface area contributed by atoms with Crippen LogP contribution in [0.2, 0.25) is 0 Å². The quantitative estimate of drug-likeness (QED) is 0.147. The van der Waals surface area contributed by atoms with Gasteiger partial charge in [-0.2, -0.15) is 0 Å². The summed E-state index contributed by atoms with van der Waals surface area (Å²) in [4.78, 5) is 0. The Labute approximate surface area is 220 Å². The Morgan fingerprint density at radius 3 is 1.03 bits per heavy atom. The molecule has 0 radical (unpaired) electrons. The molecular formula is C34H32O2P+. The van der Waals surface area contributed by atoms with Crippen molar-refractivity contribution in [2.24, 2.45) is 0 Å². The van der Waals surface area contributed by atoms with Crippen molar-refractivity contribution in [3.05, 3.63) is 163 Å². The molecule has 0 aliphatic carbocycles. The molecule has 5 aromatic rings. The van der Waals surface area contributed by atoms with Crippen molar-refractivity contribution in [2.45, 2.75) is 19.5 Å². The van der Waals surface area contributed by atoms with E-state index in [-0.39, 0.29) is 0 Å². The number of hydrogen-bond donors (Lipinski definition) is 0. The molecule has 0 saturated heterocycles. The first kappa shape index (κ1) is 25.1. The zero-order valence-corrected chi connectivity index (χ0v) is 21.8. The summed E-state index contributed by atoms with van der Waals surface area (Å²) in [6.07, 6.45) is 0.347. The van der Waals surface area contributed by atoms with Crippen LogP contribution in [-0.2, 0) is 22.7 Å². The highest BCUT2D eigenvalue weighted by Crippen LogP contribution is 2.56. The summed E-state index contributed by atoms with van der Waals surface area (Å²) in [5, 5.41) is 3.97. The summed E-state index contributed by atoms with van der Waals surface area (Å²) < 4.78 is 13.2. The average molecular weight is 504 g/mol. The highest BCUT2D eigenvalue weighted by Gasteiger charge is 2.47. The molecule has 0 bridgehead atoms. The molecule has 0 aromatic heterocycles. The summed E-state index contributed by atoms with van der Waals surface area (Å²) >= 11 is 0. The first-order valence-corrected chi connectivity index (χ1v) is 14.7. The number of benzene rings is 5. The minimum absolute atomic E-state index is 0.394. The summed E-state index contributed by atoms with van der Waals surface area (Å²) in [6.45, 7) is 0.997. The second kappa shape index (κ2) is 12.6. The number of ether oxygens (including phenoxy) is 2. The molecule has 0 saturated carbocycles. The molecule has 0 amide bonds. The van der Waals surface area contributed by atoms with Gasteiger partial charge in [0, 0.05) is 0 Å². The van der Waals surface area contributed by atoms with Crippen LogP contribution in [0.25, 0.3) is 0 Å². The zero-order valence-electron chi connectivity index (χ0n) is 20.9. The minimum atomic E-state index is -2.10. The molecule has 2 nitrogen and oxygen atoms in total. The molecule has 3 heteroatoms. The Morgan fingerprint density at radius 2 is 0.703 bits per heavy atom. The van der Waals surface area contributed by atoms with Crippen molar-refractivity contribution in [3.8, 4) is 0 Å². The van der Waals surface area contributed by atoms with Crippen molar-refractivity contribution in [3.63, 3.8) is 0 Å². The summed E-state index contributed by atoms with van der Waals surface area (Å²) in [7, 11) is -2.10. The smallest absolute Gasteiger partial charge is 0.193 e. The Kier molecular flexibility index (Phi) is 8.56. The van der Waals surface area contributed by atoms with Crippen LogP contribution < -0.4 is 15.9 Å². The zero-order chi connectivity index (χ0) is 25.2. The Balaban J connectivity index is 1.56. The molecule has 0 spiro atoms. The predicted octanol–water partition coefficient (Wildman–Crippen LogP) is 6.74. The highest BCUT2D eigenvalue weighted by atomic mass is 31.2. The van der Waals surface area contributed by atoms with E-state index in [9.17, 15) is 0 Å². The maximum Gasteiger partial charge on any atom is 0.193 e. The van der Waals surface area contributed by atoms with Gasteiger partial charge < -0.3 is 9.47 Å². The Bertz CT molecular complexity index is 1190. The van der Waals surface area contributed by atoms with Crippen LogP contribution in [-0.4, -0.2) is 12.5 Å². The van der Waals surface area contributed by atoms with Gasteiger partial charge in [-0.25, -0.2) is 0 Å². The van der Waals surface area contributed by atoms with Gasteiger partial charge in [0.25, 0.3) is 0 Å². The van der Waals surface area contributed by atoms with Crippen molar-refractivity contribution in [1.82, 2.24) is 0 Å². The lowest BCUT2D eigenvalue weighted by Crippen LogP contribution is -2.38. The summed E-state index contributed by atoms with van der Waals surface area (Å²) in [5.74, 6) is 0. The molecular weight excluding hydrogens is 471 g/mol. The second-order valence-electron chi connectivity index (χ2n) is 9.02. The fourth-order valence-corrected chi connectivity index (χ4v) is 8.94. The SMILES string of the molecule is c1ccc(COC(C[P+](c2ccccc2)(c2ccccc2)c2ccccc2)OCc2ccccc2)cc1. The average Bonchev–Trinajstić information content (AvgIpc) is 2.99. The fraction of sp³-hybridized carbons (Fsp3) is 0.118. The van der Waals surface area contributed by atoms with E-state index in [4.69, 9.17) is 9.47 Å². The van der Waals surface area contributed by atoms with Crippen LogP contribution in [0.5, 0.6) is 0 Å². The van der Waals surface area contributed by atoms with E-state index in [2.05, 4.69) is 115 Å². The van der Waals surface area contributed by atoms with Crippen LogP contribution in [0.4, 0.5) is 0 Å². The van der Waals surface area contributed by atoms with Gasteiger partial charge in [-0.05, 0) is 47.5 Å². The molecule has 0 atom stereocenters. The Morgan fingerprint density at radius 1 is 0.405 bits per heavy atom. The van der Waals surface area contributed by atoms with Gasteiger partial charge in [-0.1, -0.05) is 115 Å². The van der Waals surface area contributed by atoms with Crippen LogP contribution in [0.15, 0.2) is 152 Å². The fourth-order valence-electron chi connectivity index (χ4n) is 4.71. The van der Waals surface area contributed by atoms with Gasteiger partial charge in [-0.15, -0.1) is 0 Å². The molecule has 0 heterocycles. The van der Waals surface area contributed by atoms with E-state index in [0.29, 0.717) is 13.2 Å². The third-order valence-corrected chi connectivity index (χ3v) is 11.0. The number of rotatable bonds is 11. The topological polar surface area (TPSA) is 18.5 Å². The molecule has 0 N–H and O–H groups in total. The molecule has 37 heavy (non-hydrogen) atoms. The van der Waals surface area contributed by atoms with Crippen molar-refractivity contribution in [1.29, 1.82) is 0 Å². The van der Waals surface area contributed by atoms with E-state index in [1.54, 1.807) is 0 Å². The minimum Gasteiger partial charge on any atom is -0.344 e.